The number of urea groups is 1. The zero-order valence-corrected chi connectivity index (χ0v) is 17.0. The predicted octanol–water partition coefficient (Wildman–Crippen LogP) is 3.56. The van der Waals surface area contributed by atoms with Gasteiger partial charge in [0.1, 0.15) is 0 Å². The molecule has 1 heterocycles. The molecule has 4 bridgehead atoms. The van der Waals surface area contributed by atoms with Crippen molar-refractivity contribution in [2.45, 2.75) is 64.0 Å². The second-order valence-corrected chi connectivity index (χ2v) is 9.95. The molecule has 4 aliphatic carbocycles. The highest BCUT2D eigenvalue weighted by Crippen LogP contribution is 2.60. The van der Waals surface area contributed by atoms with E-state index in [1.807, 2.05) is 17.5 Å². The Labute approximate surface area is 169 Å². The summed E-state index contributed by atoms with van der Waals surface area (Å²) in [6, 6.07) is 2.46. The van der Waals surface area contributed by atoms with Gasteiger partial charge in [-0.2, -0.15) is 0 Å². The molecule has 0 aliphatic heterocycles. The maximum Gasteiger partial charge on any atom is 0.312 e. The van der Waals surface area contributed by atoms with E-state index in [0.717, 1.165) is 24.1 Å². The van der Waals surface area contributed by atoms with Crippen LogP contribution in [0, 0.1) is 23.2 Å². The Kier molecular flexibility index (Phi) is 5.21. The normalized spacial score (nSPS) is 32.5. The zero-order chi connectivity index (χ0) is 19.9. The first-order valence-electron chi connectivity index (χ1n) is 10.2. The van der Waals surface area contributed by atoms with Crippen molar-refractivity contribution in [3.8, 4) is 0 Å². The zero-order valence-electron chi connectivity index (χ0n) is 16.2. The summed E-state index contributed by atoms with van der Waals surface area (Å²) < 4.78 is 5.54. The van der Waals surface area contributed by atoms with Gasteiger partial charge in [-0.3, -0.25) is 9.59 Å². The first-order chi connectivity index (χ1) is 13.3. The third kappa shape index (κ3) is 3.81. The van der Waals surface area contributed by atoms with E-state index in [-0.39, 0.29) is 17.6 Å². The van der Waals surface area contributed by atoms with E-state index in [9.17, 15) is 14.4 Å². The standard InChI is InChI=1S/C21H28N2O4S/c1-12(19(25)21-9-13-5-14(10-21)7-15(6-13)11-21)27-18(24)8-16(23-20(22)26)17-3-2-4-28-17/h2-4,12-16H,5-11H2,1H3,(H3,22,23,26)/t12-,13?,14?,15?,16+,21?/m1/s1. The summed E-state index contributed by atoms with van der Waals surface area (Å²) >= 11 is 1.43. The molecule has 4 fully saturated rings. The highest BCUT2D eigenvalue weighted by molar-refractivity contribution is 7.10. The summed E-state index contributed by atoms with van der Waals surface area (Å²) in [6.07, 6.45) is 5.89. The molecule has 2 atom stereocenters. The van der Waals surface area contributed by atoms with Crippen LogP contribution in [0.1, 0.15) is 62.8 Å². The average Bonchev–Trinajstić information content (AvgIpc) is 3.13. The van der Waals surface area contributed by atoms with Crippen molar-refractivity contribution in [3.63, 3.8) is 0 Å². The van der Waals surface area contributed by atoms with Crippen LogP contribution in [0.2, 0.25) is 0 Å². The Morgan fingerprint density at radius 3 is 2.32 bits per heavy atom. The van der Waals surface area contributed by atoms with E-state index in [1.165, 1.54) is 30.6 Å². The average molecular weight is 405 g/mol. The lowest BCUT2D eigenvalue weighted by atomic mass is 9.48. The summed E-state index contributed by atoms with van der Waals surface area (Å²) in [5.74, 6) is 1.61. The van der Waals surface area contributed by atoms with Crippen LogP contribution in [0.25, 0.3) is 0 Å². The Balaban J connectivity index is 1.38. The third-order valence-corrected chi connectivity index (χ3v) is 7.80. The number of amides is 2. The van der Waals surface area contributed by atoms with Crippen LogP contribution in [0.15, 0.2) is 17.5 Å². The van der Waals surface area contributed by atoms with Gasteiger partial charge in [-0.25, -0.2) is 4.79 Å². The second kappa shape index (κ2) is 7.50. The number of primary amides is 1. The molecule has 5 rings (SSSR count). The predicted molar refractivity (Wildman–Crippen MR) is 106 cm³/mol. The minimum atomic E-state index is -0.749. The van der Waals surface area contributed by atoms with Gasteiger partial charge in [0.15, 0.2) is 11.9 Å². The lowest BCUT2D eigenvalue weighted by Crippen LogP contribution is -2.52. The molecule has 1 aromatic rings. The van der Waals surface area contributed by atoms with Gasteiger partial charge in [0.25, 0.3) is 0 Å². The molecule has 4 saturated carbocycles. The van der Waals surface area contributed by atoms with Gasteiger partial charge in [0, 0.05) is 10.3 Å². The quantitative estimate of drug-likeness (QED) is 0.679. The number of rotatable bonds is 7. The Morgan fingerprint density at radius 1 is 1.21 bits per heavy atom. The van der Waals surface area contributed by atoms with Crippen molar-refractivity contribution in [1.29, 1.82) is 0 Å². The lowest BCUT2D eigenvalue weighted by Gasteiger charge is -2.56. The minimum Gasteiger partial charge on any atom is -0.455 e. The Morgan fingerprint density at radius 2 is 1.82 bits per heavy atom. The van der Waals surface area contributed by atoms with Crippen molar-refractivity contribution in [2.24, 2.45) is 28.9 Å². The fourth-order valence-corrected chi connectivity index (χ4v) is 6.97. The molecule has 6 nitrogen and oxygen atoms in total. The van der Waals surface area contributed by atoms with Gasteiger partial charge >= 0.3 is 12.0 Å². The fourth-order valence-electron chi connectivity index (χ4n) is 6.19. The molecule has 7 heteroatoms. The number of ketones is 1. The number of thiophene rings is 1. The van der Waals surface area contributed by atoms with Crippen LogP contribution in [-0.2, 0) is 14.3 Å². The molecule has 1 aromatic heterocycles. The first-order valence-corrected chi connectivity index (χ1v) is 11.1. The Hall–Kier alpha value is -1.89. The van der Waals surface area contributed by atoms with Crippen LogP contribution < -0.4 is 11.1 Å². The summed E-state index contributed by atoms with van der Waals surface area (Å²) in [7, 11) is 0. The summed E-state index contributed by atoms with van der Waals surface area (Å²) in [5.41, 5.74) is 4.96. The van der Waals surface area contributed by atoms with E-state index >= 15 is 0 Å². The molecular weight excluding hydrogens is 376 g/mol. The van der Waals surface area contributed by atoms with Crippen LogP contribution in [0.4, 0.5) is 4.79 Å². The molecule has 3 N–H and O–H groups in total. The highest BCUT2D eigenvalue weighted by Gasteiger charge is 2.55. The molecule has 4 aliphatic rings. The van der Waals surface area contributed by atoms with Crippen molar-refractivity contribution in [1.82, 2.24) is 5.32 Å². The molecule has 28 heavy (non-hydrogen) atoms. The number of ether oxygens (including phenoxy) is 1. The second-order valence-electron chi connectivity index (χ2n) is 8.97. The summed E-state index contributed by atoms with van der Waals surface area (Å²) in [5, 5.41) is 4.46. The fraction of sp³-hybridized carbons (Fsp3) is 0.667. The first kappa shape index (κ1) is 19.4. The number of nitrogens with one attached hydrogen (secondary N) is 1. The molecule has 0 unspecified atom stereocenters. The smallest absolute Gasteiger partial charge is 0.312 e. The van der Waals surface area contributed by atoms with Crippen molar-refractivity contribution >= 4 is 29.1 Å². The Bertz CT molecular complexity index is 725. The van der Waals surface area contributed by atoms with E-state index in [4.69, 9.17) is 10.5 Å². The number of carbonyl (C=O) groups excluding carboxylic acids is 3. The van der Waals surface area contributed by atoms with Crippen LogP contribution in [0.5, 0.6) is 0 Å². The van der Waals surface area contributed by atoms with E-state index < -0.39 is 24.1 Å². The van der Waals surface area contributed by atoms with Gasteiger partial charge in [0.05, 0.1) is 12.5 Å². The number of esters is 1. The number of carbonyl (C=O) groups is 3. The SMILES string of the molecule is C[C@@H](OC(=O)C[C@H](NC(N)=O)c1cccs1)C(=O)C12CC3CC(CC(C3)C1)C2. The number of Topliss-reactive ketones (excluding diaryl/α,β-unsaturated/α-hetero) is 1. The van der Waals surface area contributed by atoms with Gasteiger partial charge in [-0.05, 0) is 74.6 Å². The largest absolute Gasteiger partial charge is 0.455 e. The monoisotopic (exact) mass is 404 g/mol. The third-order valence-electron chi connectivity index (χ3n) is 6.81. The molecule has 0 radical (unpaired) electrons. The lowest BCUT2D eigenvalue weighted by molar-refractivity contribution is -0.165. The van der Waals surface area contributed by atoms with Crippen molar-refractivity contribution in [3.05, 3.63) is 22.4 Å². The van der Waals surface area contributed by atoms with Gasteiger partial charge in [0.2, 0.25) is 0 Å². The van der Waals surface area contributed by atoms with E-state index in [2.05, 4.69) is 5.32 Å². The van der Waals surface area contributed by atoms with Gasteiger partial charge in [-0.1, -0.05) is 6.07 Å². The molecular formula is C21H28N2O4S. The van der Waals surface area contributed by atoms with Crippen LogP contribution in [0.3, 0.4) is 0 Å². The number of hydrogen-bond acceptors (Lipinski definition) is 5. The topological polar surface area (TPSA) is 98.5 Å². The van der Waals surface area contributed by atoms with Gasteiger partial charge in [-0.15, -0.1) is 11.3 Å². The van der Waals surface area contributed by atoms with Crippen LogP contribution >= 0.6 is 11.3 Å². The van der Waals surface area contributed by atoms with E-state index in [0.29, 0.717) is 17.8 Å². The molecule has 152 valence electrons. The number of nitrogens with two attached hydrogens (primary N) is 1. The molecule has 2 amide bonds. The maximum atomic E-state index is 13.3. The minimum absolute atomic E-state index is 0.0397. The van der Waals surface area contributed by atoms with E-state index in [1.54, 1.807) is 6.92 Å². The van der Waals surface area contributed by atoms with Gasteiger partial charge < -0.3 is 15.8 Å². The molecule has 0 saturated heterocycles. The molecule has 0 spiro atoms. The van der Waals surface area contributed by atoms with Crippen molar-refractivity contribution in [2.75, 3.05) is 0 Å². The van der Waals surface area contributed by atoms with Crippen LogP contribution in [-0.4, -0.2) is 23.9 Å². The van der Waals surface area contributed by atoms with Crippen molar-refractivity contribution < 1.29 is 19.1 Å². The summed E-state index contributed by atoms with van der Waals surface area (Å²) in [4.78, 5) is 37.9. The highest BCUT2D eigenvalue weighted by atomic mass is 32.1. The number of hydrogen-bond donors (Lipinski definition) is 2. The summed E-state index contributed by atoms with van der Waals surface area (Å²) in [6.45, 7) is 1.69. The maximum absolute atomic E-state index is 13.3. The molecule has 0 aromatic carbocycles.